The van der Waals surface area contributed by atoms with Gasteiger partial charge < -0.3 is 10.4 Å². The third-order valence-corrected chi connectivity index (χ3v) is 3.30. The number of phenols is 1. The number of sulfone groups is 1. The summed E-state index contributed by atoms with van der Waals surface area (Å²) in [6.07, 6.45) is 1.58. The summed E-state index contributed by atoms with van der Waals surface area (Å²) in [5, 5.41) is 11.8. The Balaban J connectivity index is 2.41. The van der Waals surface area contributed by atoms with Gasteiger partial charge >= 0.3 is 0 Å². The summed E-state index contributed by atoms with van der Waals surface area (Å²) < 4.78 is 47.6. The van der Waals surface area contributed by atoms with Crippen molar-refractivity contribution in [1.29, 1.82) is 0 Å². The minimum atomic E-state index is -2.98. The van der Waals surface area contributed by atoms with Crippen LogP contribution in [0.4, 0.5) is 8.78 Å². The van der Waals surface area contributed by atoms with Crippen molar-refractivity contribution in [2.75, 3.05) is 18.6 Å². The molecule has 0 unspecified atom stereocenters. The Hall–Kier alpha value is -1.21. The molecule has 4 nitrogen and oxygen atoms in total. The highest BCUT2D eigenvalue weighted by Crippen LogP contribution is 2.21. The Morgan fingerprint density at radius 3 is 2.33 bits per heavy atom. The van der Waals surface area contributed by atoms with E-state index in [1.807, 2.05) is 0 Å². The standard InChI is InChI=1S/C11H15F2NO3S/c1-18(16,17)4-2-3-14-7-8-5-9(12)11(15)10(13)6-8/h5-6,14-15H,2-4,7H2,1H3. The smallest absolute Gasteiger partial charge is 0.187 e. The van der Waals surface area contributed by atoms with Gasteiger partial charge in [0.25, 0.3) is 0 Å². The molecule has 0 aliphatic rings. The average molecular weight is 279 g/mol. The fourth-order valence-electron chi connectivity index (χ4n) is 1.41. The maximum atomic E-state index is 13.0. The van der Waals surface area contributed by atoms with Crippen LogP contribution in [0, 0.1) is 11.6 Å². The van der Waals surface area contributed by atoms with Crippen molar-refractivity contribution in [3.63, 3.8) is 0 Å². The first-order valence-electron chi connectivity index (χ1n) is 5.35. The number of rotatable bonds is 6. The van der Waals surface area contributed by atoms with Gasteiger partial charge in [-0.05, 0) is 30.7 Å². The lowest BCUT2D eigenvalue weighted by Crippen LogP contribution is -2.18. The number of nitrogens with one attached hydrogen (secondary N) is 1. The van der Waals surface area contributed by atoms with Crippen molar-refractivity contribution in [3.05, 3.63) is 29.3 Å². The summed E-state index contributed by atoms with van der Waals surface area (Å²) >= 11 is 0. The maximum absolute atomic E-state index is 13.0. The Morgan fingerprint density at radius 1 is 1.28 bits per heavy atom. The van der Waals surface area contributed by atoms with Crippen LogP contribution in [-0.2, 0) is 16.4 Å². The lowest BCUT2D eigenvalue weighted by Gasteiger charge is -2.06. The van der Waals surface area contributed by atoms with E-state index in [1.54, 1.807) is 0 Å². The average Bonchev–Trinajstić information content (AvgIpc) is 2.23. The first-order chi connectivity index (χ1) is 8.29. The van der Waals surface area contributed by atoms with E-state index in [2.05, 4.69) is 5.32 Å². The molecule has 0 radical (unpaired) electrons. The largest absolute Gasteiger partial charge is 0.503 e. The van der Waals surface area contributed by atoms with E-state index >= 15 is 0 Å². The summed E-state index contributed by atoms with van der Waals surface area (Å²) in [6.45, 7) is 0.634. The van der Waals surface area contributed by atoms with E-state index in [9.17, 15) is 17.2 Å². The van der Waals surface area contributed by atoms with Crippen molar-refractivity contribution < 1.29 is 22.3 Å². The van der Waals surface area contributed by atoms with Gasteiger partial charge in [0.05, 0.1) is 5.75 Å². The highest BCUT2D eigenvalue weighted by Gasteiger charge is 2.09. The summed E-state index contributed by atoms with van der Waals surface area (Å²) in [6, 6.07) is 2.06. The van der Waals surface area contributed by atoms with Crippen LogP contribution in [0.2, 0.25) is 0 Å². The predicted molar refractivity (Wildman–Crippen MR) is 64.1 cm³/mol. The van der Waals surface area contributed by atoms with Gasteiger partial charge in [-0.15, -0.1) is 0 Å². The monoisotopic (exact) mass is 279 g/mol. The number of hydrogen-bond acceptors (Lipinski definition) is 4. The summed E-state index contributed by atoms with van der Waals surface area (Å²) in [5.41, 5.74) is 0.349. The van der Waals surface area contributed by atoms with Crippen molar-refractivity contribution >= 4 is 9.84 Å². The van der Waals surface area contributed by atoms with E-state index in [1.165, 1.54) is 0 Å². The van der Waals surface area contributed by atoms with Crippen molar-refractivity contribution in [2.24, 2.45) is 0 Å². The third kappa shape index (κ3) is 4.97. The highest BCUT2D eigenvalue weighted by atomic mass is 32.2. The van der Waals surface area contributed by atoms with Gasteiger partial charge in [-0.2, -0.15) is 0 Å². The van der Waals surface area contributed by atoms with Gasteiger partial charge in [-0.1, -0.05) is 0 Å². The fraction of sp³-hybridized carbons (Fsp3) is 0.455. The Morgan fingerprint density at radius 2 is 1.83 bits per heavy atom. The second-order valence-corrected chi connectivity index (χ2v) is 6.33. The zero-order chi connectivity index (χ0) is 13.8. The molecule has 0 heterocycles. The normalized spacial score (nSPS) is 11.7. The first-order valence-corrected chi connectivity index (χ1v) is 7.41. The summed E-state index contributed by atoms with van der Waals surface area (Å²) in [4.78, 5) is 0. The van der Waals surface area contributed by atoms with E-state index in [0.29, 0.717) is 18.5 Å². The molecule has 0 bridgehead atoms. The van der Waals surface area contributed by atoms with Crippen LogP contribution >= 0.6 is 0 Å². The van der Waals surface area contributed by atoms with Gasteiger partial charge in [0.15, 0.2) is 17.4 Å². The van der Waals surface area contributed by atoms with E-state index < -0.39 is 27.2 Å². The molecule has 2 N–H and O–H groups in total. The van der Waals surface area contributed by atoms with Gasteiger partial charge in [-0.25, -0.2) is 17.2 Å². The van der Waals surface area contributed by atoms with Crippen LogP contribution in [-0.4, -0.2) is 32.1 Å². The number of phenolic OH excluding ortho intramolecular Hbond substituents is 1. The molecule has 0 atom stereocenters. The van der Waals surface area contributed by atoms with E-state index in [4.69, 9.17) is 5.11 Å². The number of hydrogen-bond donors (Lipinski definition) is 2. The predicted octanol–water partition coefficient (Wildman–Crippen LogP) is 1.19. The molecule has 18 heavy (non-hydrogen) atoms. The van der Waals surface area contributed by atoms with Crippen LogP contribution in [0.15, 0.2) is 12.1 Å². The fourth-order valence-corrected chi connectivity index (χ4v) is 2.08. The lowest BCUT2D eigenvalue weighted by molar-refractivity contribution is 0.395. The van der Waals surface area contributed by atoms with Gasteiger partial charge in [0.2, 0.25) is 0 Å². The molecule has 7 heteroatoms. The Kier molecular flexibility index (Phi) is 5.03. The minimum absolute atomic E-state index is 0.0678. The van der Waals surface area contributed by atoms with Crippen LogP contribution in [0.3, 0.4) is 0 Å². The molecular formula is C11H15F2NO3S. The molecule has 0 spiro atoms. The number of aromatic hydroxyl groups is 1. The molecule has 0 aliphatic heterocycles. The summed E-state index contributed by atoms with van der Waals surface area (Å²) in [7, 11) is -2.98. The Bertz CT molecular complexity index is 494. The quantitative estimate of drug-likeness (QED) is 0.768. The van der Waals surface area contributed by atoms with E-state index in [0.717, 1.165) is 18.4 Å². The van der Waals surface area contributed by atoms with Gasteiger partial charge in [-0.3, -0.25) is 0 Å². The van der Waals surface area contributed by atoms with Crippen LogP contribution in [0.1, 0.15) is 12.0 Å². The minimum Gasteiger partial charge on any atom is -0.503 e. The maximum Gasteiger partial charge on any atom is 0.187 e. The second-order valence-electron chi connectivity index (χ2n) is 4.07. The molecule has 0 saturated carbocycles. The SMILES string of the molecule is CS(=O)(=O)CCCNCc1cc(F)c(O)c(F)c1. The first kappa shape index (κ1) is 14.8. The third-order valence-electron chi connectivity index (χ3n) is 2.27. The number of benzene rings is 1. The second kappa shape index (κ2) is 6.10. The molecule has 1 aromatic rings. The van der Waals surface area contributed by atoms with E-state index in [-0.39, 0.29) is 12.3 Å². The van der Waals surface area contributed by atoms with Crippen molar-refractivity contribution in [3.8, 4) is 5.75 Å². The molecule has 0 aromatic heterocycles. The molecule has 0 amide bonds. The highest BCUT2D eigenvalue weighted by molar-refractivity contribution is 7.90. The zero-order valence-electron chi connectivity index (χ0n) is 9.91. The molecule has 0 saturated heterocycles. The molecule has 0 fully saturated rings. The molecule has 0 aliphatic carbocycles. The Labute approximate surface area is 105 Å². The van der Waals surface area contributed by atoms with Crippen LogP contribution in [0.25, 0.3) is 0 Å². The molecular weight excluding hydrogens is 264 g/mol. The zero-order valence-corrected chi connectivity index (χ0v) is 10.7. The van der Waals surface area contributed by atoms with Crippen LogP contribution in [0.5, 0.6) is 5.75 Å². The van der Waals surface area contributed by atoms with Crippen molar-refractivity contribution in [1.82, 2.24) is 5.32 Å². The van der Waals surface area contributed by atoms with Gasteiger partial charge in [0, 0.05) is 12.8 Å². The van der Waals surface area contributed by atoms with Crippen molar-refractivity contribution in [2.45, 2.75) is 13.0 Å². The summed E-state index contributed by atoms with van der Waals surface area (Å²) in [5.74, 6) is -2.94. The molecule has 1 aromatic carbocycles. The van der Waals surface area contributed by atoms with Gasteiger partial charge in [0.1, 0.15) is 9.84 Å². The molecule has 102 valence electrons. The number of halogens is 2. The topological polar surface area (TPSA) is 66.4 Å². The van der Waals surface area contributed by atoms with Crippen LogP contribution < -0.4 is 5.32 Å². The molecule has 1 rings (SSSR count). The lowest BCUT2D eigenvalue weighted by atomic mass is 10.2.